The van der Waals surface area contributed by atoms with E-state index in [4.69, 9.17) is 0 Å². The van der Waals surface area contributed by atoms with Crippen molar-refractivity contribution in [2.75, 3.05) is 0 Å². The van der Waals surface area contributed by atoms with Gasteiger partial charge < -0.3 is 0 Å². The molecule has 47 valence electrons. The van der Waals surface area contributed by atoms with Crippen molar-refractivity contribution in [1.82, 2.24) is 0 Å². The van der Waals surface area contributed by atoms with Crippen LogP contribution in [0.4, 0.5) is 8.28 Å². The monoisotopic (exact) mass is 145 g/mol. The van der Waals surface area contributed by atoms with Crippen LogP contribution >= 0.6 is 12.1 Å². The molecule has 0 heterocycles. The average molecular weight is 145 g/mol. The van der Waals surface area contributed by atoms with Gasteiger partial charge >= 0.3 is 0 Å². The van der Waals surface area contributed by atoms with Gasteiger partial charge in [-0.05, 0) is 12.1 Å². The Bertz CT molecular complexity index is 200. The van der Waals surface area contributed by atoms with Crippen molar-refractivity contribution in [3.8, 4) is 0 Å². The van der Waals surface area contributed by atoms with Crippen molar-refractivity contribution in [3.05, 3.63) is 30.1 Å². The molecule has 0 atom stereocenters. The van der Waals surface area contributed by atoms with Gasteiger partial charge in [0.1, 0.15) is 5.82 Å². The first-order chi connectivity index (χ1) is 4.33. The number of hydrogen-bond donors (Lipinski definition) is 0. The number of rotatable bonds is 1. The summed E-state index contributed by atoms with van der Waals surface area (Å²) in [5.41, 5.74) is 0. The molecule has 0 aliphatic carbocycles. The van der Waals surface area contributed by atoms with Gasteiger partial charge in [-0.15, -0.1) is 0 Å². The van der Waals surface area contributed by atoms with E-state index in [2.05, 4.69) is 6.07 Å². The Kier molecular flexibility index (Phi) is 2.05. The van der Waals surface area contributed by atoms with E-state index < -0.39 is 5.82 Å². The Morgan fingerprint density at radius 3 is 2.78 bits per heavy atom. The second kappa shape index (κ2) is 2.82. The fourth-order valence-electron chi connectivity index (χ4n) is 0.466. The Hall–Kier alpha value is -0.570. The van der Waals surface area contributed by atoms with Gasteiger partial charge in [-0.2, -0.15) is 3.89 Å². The highest BCUT2D eigenvalue weighted by Gasteiger charge is 1.93. The van der Waals surface area contributed by atoms with Crippen molar-refractivity contribution >= 4 is 12.1 Å². The molecule has 0 nitrogen and oxygen atoms in total. The number of benzene rings is 1. The minimum Gasteiger partial charge on any atom is -0.206 e. The molecule has 0 amide bonds. The predicted molar refractivity (Wildman–Crippen MR) is 32.2 cm³/mol. The van der Waals surface area contributed by atoms with E-state index in [9.17, 15) is 8.28 Å². The molecular weight excluding hydrogens is 142 g/mol. The summed E-state index contributed by atoms with van der Waals surface area (Å²) < 4.78 is 23.8. The van der Waals surface area contributed by atoms with E-state index in [1.807, 2.05) is 0 Å². The van der Waals surface area contributed by atoms with E-state index in [0.29, 0.717) is 0 Å². The van der Waals surface area contributed by atoms with Crippen LogP contribution in [0.15, 0.2) is 23.1 Å². The van der Waals surface area contributed by atoms with Crippen molar-refractivity contribution < 1.29 is 8.28 Å². The zero-order valence-electron chi connectivity index (χ0n) is 4.40. The lowest BCUT2D eigenvalue weighted by Crippen LogP contribution is -1.71. The van der Waals surface area contributed by atoms with Gasteiger partial charge in [-0.3, -0.25) is 0 Å². The summed E-state index contributed by atoms with van der Waals surface area (Å²) in [5.74, 6) is -0.530. The zero-order chi connectivity index (χ0) is 6.69. The second-order valence-corrected chi connectivity index (χ2v) is 2.08. The van der Waals surface area contributed by atoms with Crippen LogP contribution in [0.25, 0.3) is 0 Å². The van der Waals surface area contributed by atoms with Crippen LogP contribution in [0, 0.1) is 11.9 Å². The average Bonchev–Trinajstić information content (AvgIpc) is 1.88. The summed E-state index contributed by atoms with van der Waals surface area (Å²) in [4.78, 5) is 0.270. The Balaban J connectivity index is 2.94. The Morgan fingerprint density at radius 1 is 1.56 bits per heavy atom. The van der Waals surface area contributed by atoms with E-state index in [1.54, 1.807) is 0 Å². The third kappa shape index (κ3) is 1.68. The summed E-state index contributed by atoms with van der Waals surface area (Å²) in [5, 5.41) is 0. The zero-order valence-corrected chi connectivity index (χ0v) is 5.21. The summed E-state index contributed by atoms with van der Waals surface area (Å²) >= 11 is 0.0230. The SMILES string of the molecule is FSc1cc[c]c(F)c1. The highest BCUT2D eigenvalue weighted by Crippen LogP contribution is 2.18. The van der Waals surface area contributed by atoms with E-state index in [-0.39, 0.29) is 17.0 Å². The molecule has 0 N–H and O–H groups in total. The molecule has 0 spiro atoms. The first-order valence-corrected chi connectivity index (χ1v) is 3.00. The standard InChI is InChI=1S/C6H3F2S/c7-5-2-1-3-6(4-5)9-8/h1,3-4H. The second-order valence-electron chi connectivity index (χ2n) is 1.45. The van der Waals surface area contributed by atoms with Gasteiger partial charge in [0.2, 0.25) is 0 Å². The van der Waals surface area contributed by atoms with E-state index in [1.165, 1.54) is 12.1 Å². The van der Waals surface area contributed by atoms with Gasteiger partial charge in [0.15, 0.2) is 0 Å². The molecule has 1 rings (SSSR count). The van der Waals surface area contributed by atoms with E-state index in [0.717, 1.165) is 6.07 Å². The third-order valence-electron chi connectivity index (χ3n) is 0.827. The number of halogens is 2. The summed E-state index contributed by atoms with van der Waals surface area (Å²) in [6.45, 7) is 0. The minimum absolute atomic E-state index is 0.0230. The molecule has 3 heteroatoms. The summed E-state index contributed by atoms with van der Waals surface area (Å²) in [6.07, 6.45) is 0. The smallest absolute Gasteiger partial charge is 0.132 e. The molecule has 1 radical (unpaired) electrons. The predicted octanol–water partition coefficient (Wildman–Crippen LogP) is 2.60. The Labute approximate surface area is 56.2 Å². The maximum Gasteiger partial charge on any atom is 0.132 e. The molecule has 1 aromatic rings. The fraction of sp³-hybridized carbons (Fsp3) is 0. The first-order valence-electron chi connectivity index (χ1n) is 2.29. The maximum absolute atomic E-state index is 12.1. The first kappa shape index (κ1) is 6.55. The molecule has 0 fully saturated rings. The van der Waals surface area contributed by atoms with E-state index >= 15 is 0 Å². The van der Waals surface area contributed by atoms with Crippen molar-refractivity contribution in [2.45, 2.75) is 4.90 Å². The number of hydrogen-bond acceptors (Lipinski definition) is 1. The topological polar surface area (TPSA) is 0 Å². The molecule has 0 aliphatic rings. The quantitative estimate of drug-likeness (QED) is 0.585. The normalized spacial score (nSPS) is 9.56. The molecule has 0 saturated carbocycles. The molecule has 0 aliphatic heterocycles. The van der Waals surface area contributed by atoms with Gasteiger partial charge in [-0.1, -0.05) is 6.07 Å². The maximum atomic E-state index is 12.1. The lowest BCUT2D eigenvalue weighted by Gasteiger charge is -1.88. The van der Waals surface area contributed by atoms with Crippen LogP contribution in [0.5, 0.6) is 0 Å². The molecule has 9 heavy (non-hydrogen) atoms. The lowest BCUT2D eigenvalue weighted by molar-refractivity contribution is 0.621. The van der Waals surface area contributed by atoms with Crippen molar-refractivity contribution in [1.29, 1.82) is 0 Å². The molecule has 0 bridgehead atoms. The molecule has 0 saturated heterocycles. The van der Waals surface area contributed by atoms with Crippen LogP contribution in [0.2, 0.25) is 0 Å². The highest BCUT2D eigenvalue weighted by molar-refractivity contribution is 7.94. The van der Waals surface area contributed by atoms with Crippen LogP contribution in [-0.4, -0.2) is 0 Å². The largest absolute Gasteiger partial charge is 0.206 e. The molecular formula is C6H3F2S. The highest BCUT2D eigenvalue weighted by atomic mass is 32.2. The third-order valence-corrected chi connectivity index (χ3v) is 1.26. The van der Waals surface area contributed by atoms with Crippen molar-refractivity contribution in [3.63, 3.8) is 0 Å². The van der Waals surface area contributed by atoms with Gasteiger partial charge in [-0.25, -0.2) is 4.39 Å². The van der Waals surface area contributed by atoms with Crippen LogP contribution in [0.3, 0.4) is 0 Å². The van der Waals surface area contributed by atoms with Gasteiger partial charge in [0.05, 0.1) is 12.1 Å². The lowest BCUT2D eigenvalue weighted by atomic mass is 10.4. The molecule has 0 unspecified atom stereocenters. The van der Waals surface area contributed by atoms with Crippen molar-refractivity contribution in [2.24, 2.45) is 0 Å². The fourth-order valence-corrected chi connectivity index (χ4v) is 0.734. The van der Waals surface area contributed by atoms with Crippen LogP contribution in [0.1, 0.15) is 0 Å². The van der Waals surface area contributed by atoms with Gasteiger partial charge in [0.25, 0.3) is 0 Å². The molecule has 0 aromatic heterocycles. The molecule has 1 aromatic carbocycles. The summed E-state index contributed by atoms with van der Waals surface area (Å²) in [6, 6.07) is 6.14. The van der Waals surface area contributed by atoms with Crippen LogP contribution < -0.4 is 0 Å². The minimum atomic E-state index is -0.530. The Morgan fingerprint density at radius 2 is 2.33 bits per heavy atom. The van der Waals surface area contributed by atoms with Gasteiger partial charge in [0, 0.05) is 11.0 Å². The van der Waals surface area contributed by atoms with Crippen LogP contribution in [-0.2, 0) is 0 Å². The summed E-state index contributed by atoms with van der Waals surface area (Å²) in [7, 11) is 0.